The molecule has 15 heavy (non-hydrogen) atoms. The van der Waals surface area contributed by atoms with Gasteiger partial charge in [0.05, 0.1) is 13.2 Å². The van der Waals surface area contributed by atoms with Crippen LogP contribution in [0.5, 0.6) is 0 Å². The zero-order chi connectivity index (χ0) is 12.3. The molecular formula is C6H8F6O3. The Morgan fingerprint density at radius 3 is 1.67 bits per heavy atom. The molecule has 0 saturated carbocycles. The Morgan fingerprint density at radius 1 is 1.00 bits per heavy atom. The number of halogens is 6. The zero-order valence-corrected chi connectivity index (χ0v) is 7.14. The number of aliphatic hydroxyl groups is 2. The van der Waals surface area contributed by atoms with Gasteiger partial charge in [0.2, 0.25) is 6.10 Å². The fourth-order valence-electron chi connectivity index (χ4n) is 0.635. The normalized spacial score (nSPS) is 15.8. The van der Waals surface area contributed by atoms with Crippen molar-refractivity contribution in [2.75, 3.05) is 13.2 Å². The number of hydrogen-bond donors (Lipinski definition) is 2. The first-order chi connectivity index (χ1) is 6.59. The maximum absolute atomic E-state index is 11.8. The number of ether oxygens (including phenoxy) is 1. The van der Waals surface area contributed by atoms with Gasteiger partial charge in [0.15, 0.2) is 0 Å². The number of alkyl halides is 6. The lowest BCUT2D eigenvalue weighted by molar-refractivity contribution is -0.324. The molecule has 0 saturated heterocycles. The predicted octanol–water partition coefficient (Wildman–Crippen LogP) is 0.849. The molecule has 3 nitrogen and oxygen atoms in total. The van der Waals surface area contributed by atoms with E-state index in [9.17, 15) is 26.3 Å². The number of hydrogen-bond acceptors (Lipinski definition) is 3. The van der Waals surface area contributed by atoms with E-state index in [4.69, 9.17) is 10.2 Å². The van der Waals surface area contributed by atoms with E-state index in [1.807, 2.05) is 0 Å². The first kappa shape index (κ1) is 14.5. The van der Waals surface area contributed by atoms with Crippen LogP contribution in [0.3, 0.4) is 0 Å². The van der Waals surface area contributed by atoms with Gasteiger partial charge in [0, 0.05) is 0 Å². The fourth-order valence-corrected chi connectivity index (χ4v) is 0.635. The zero-order valence-electron chi connectivity index (χ0n) is 7.14. The van der Waals surface area contributed by atoms with Crippen molar-refractivity contribution in [1.29, 1.82) is 0 Å². The smallest absolute Gasteiger partial charge is 0.394 e. The van der Waals surface area contributed by atoms with E-state index in [1.54, 1.807) is 0 Å². The van der Waals surface area contributed by atoms with Crippen LogP contribution in [-0.2, 0) is 4.74 Å². The largest absolute Gasteiger partial charge is 0.423 e. The summed E-state index contributed by atoms with van der Waals surface area (Å²) in [5.41, 5.74) is 0. The van der Waals surface area contributed by atoms with E-state index in [-0.39, 0.29) is 0 Å². The third kappa shape index (κ3) is 5.19. The van der Waals surface area contributed by atoms with Crippen LogP contribution in [0.1, 0.15) is 0 Å². The minimum atomic E-state index is -5.60. The van der Waals surface area contributed by atoms with Gasteiger partial charge in [-0.2, -0.15) is 26.3 Å². The monoisotopic (exact) mass is 242 g/mol. The molecule has 0 fully saturated rings. The highest BCUT2D eigenvalue weighted by Gasteiger charge is 2.58. The van der Waals surface area contributed by atoms with E-state index in [1.165, 1.54) is 0 Å². The quantitative estimate of drug-likeness (QED) is 0.718. The minimum Gasteiger partial charge on any atom is -0.394 e. The maximum Gasteiger partial charge on any atom is 0.423 e. The molecule has 0 aliphatic heterocycles. The first-order valence-electron chi connectivity index (χ1n) is 3.63. The van der Waals surface area contributed by atoms with Crippen molar-refractivity contribution in [3.05, 3.63) is 0 Å². The molecule has 0 heterocycles. The van der Waals surface area contributed by atoms with Gasteiger partial charge in [-0.1, -0.05) is 0 Å². The number of aliphatic hydroxyl groups excluding tert-OH is 2. The molecule has 0 amide bonds. The standard InChI is InChI=1S/C6H8F6O3/c7-5(8,9)4(6(10,11)12)15-2-3(14)1-13/h3-4,13-14H,1-2H2/t3-/m0/s1. The second kappa shape index (κ2) is 4.99. The highest BCUT2D eigenvalue weighted by atomic mass is 19.4. The Morgan fingerprint density at radius 2 is 1.40 bits per heavy atom. The maximum atomic E-state index is 11.8. The number of rotatable bonds is 4. The van der Waals surface area contributed by atoms with Crippen molar-refractivity contribution in [3.8, 4) is 0 Å². The Balaban J connectivity index is 4.42. The van der Waals surface area contributed by atoms with Gasteiger partial charge in [-0.25, -0.2) is 0 Å². The molecule has 0 rings (SSSR count). The Bertz CT molecular complexity index is 174. The van der Waals surface area contributed by atoms with Crippen molar-refractivity contribution < 1.29 is 41.3 Å². The van der Waals surface area contributed by atoms with E-state index in [0.717, 1.165) is 0 Å². The van der Waals surface area contributed by atoms with E-state index in [0.29, 0.717) is 0 Å². The predicted molar refractivity (Wildman–Crippen MR) is 34.9 cm³/mol. The average Bonchev–Trinajstić information content (AvgIpc) is 1.99. The van der Waals surface area contributed by atoms with Crippen molar-refractivity contribution in [2.45, 2.75) is 24.6 Å². The molecule has 0 unspecified atom stereocenters. The van der Waals surface area contributed by atoms with Crippen LogP contribution in [0.2, 0.25) is 0 Å². The summed E-state index contributed by atoms with van der Waals surface area (Å²) >= 11 is 0. The molecule has 9 heteroatoms. The molecule has 1 atom stereocenters. The molecule has 0 aromatic carbocycles. The first-order valence-corrected chi connectivity index (χ1v) is 3.63. The summed E-state index contributed by atoms with van der Waals surface area (Å²) in [5.74, 6) is 0. The Labute approximate surface area is 80.3 Å². The molecule has 0 aromatic rings. The third-order valence-electron chi connectivity index (χ3n) is 1.26. The van der Waals surface area contributed by atoms with E-state index >= 15 is 0 Å². The molecule has 0 aromatic heterocycles. The van der Waals surface area contributed by atoms with Gasteiger partial charge in [0.25, 0.3) is 0 Å². The second-order valence-electron chi connectivity index (χ2n) is 2.63. The summed E-state index contributed by atoms with van der Waals surface area (Å²) < 4.78 is 74.2. The summed E-state index contributed by atoms with van der Waals surface area (Å²) in [4.78, 5) is 0. The van der Waals surface area contributed by atoms with Gasteiger partial charge in [-0.3, -0.25) is 0 Å². The Kier molecular flexibility index (Phi) is 4.81. The molecule has 0 aliphatic carbocycles. The highest BCUT2D eigenvalue weighted by molar-refractivity contribution is 4.76. The summed E-state index contributed by atoms with van der Waals surface area (Å²) in [5, 5.41) is 16.7. The van der Waals surface area contributed by atoms with Crippen molar-refractivity contribution >= 4 is 0 Å². The van der Waals surface area contributed by atoms with Crippen molar-refractivity contribution in [2.24, 2.45) is 0 Å². The second-order valence-corrected chi connectivity index (χ2v) is 2.63. The fraction of sp³-hybridized carbons (Fsp3) is 1.00. The van der Waals surface area contributed by atoms with Crippen molar-refractivity contribution in [3.63, 3.8) is 0 Å². The highest BCUT2D eigenvalue weighted by Crippen LogP contribution is 2.35. The van der Waals surface area contributed by atoms with Crippen molar-refractivity contribution in [1.82, 2.24) is 0 Å². The van der Waals surface area contributed by atoms with Crippen LogP contribution >= 0.6 is 0 Å². The van der Waals surface area contributed by atoms with Crippen LogP contribution in [0.25, 0.3) is 0 Å². The van der Waals surface area contributed by atoms with Crippen LogP contribution in [0, 0.1) is 0 Å². The summed E-state index contributed by atoms with van der Waals surface area (Å²) in [6, 6.07) is 0. The van der Waals surface area contributed by atoms with Crippen LogP contribution in [0.15, 0.2) is 0 Å². The van der Waals surface area contributed by atoms with Gasteiger partial charge in [-0.05, 0) is 0 Å². The van der Waals surface area contributed by atoms with Crippen LogP contribution in [-0.4, -0.2) is 48.0 Å². The van der Waals surface area contributed by atoms with E-state index < -0.39 is 37.8 Å². The van der Waals surface area contributed by atoms with Crippen LogP contribution in [0.4, 0.5) is 26.3 Å². The third-order valence-corrected chi connectivity index (χ3v) is 1.26. The molecular weight excluding hydrogens is 234 g/mol. The lowest BCUT2D eigenvalue weighted by Crippen LogP contribution is -2.45. The average molecular weight is 242 g/mol. The van der Waals surface area contributed by atoms with Crippen LogP contribution < -0.4 is 0 Å². The summed E-state index contributed by atoms with van der Waals surface area (Å²) in [6.45, 7) is -2.23. The lowest BCUT2D eigenvalue weighted by atomic mass is 10.3. The molecule has 0 aliphatic rings. The van der Waals surface area contributed by atoms with Gasteiger partial charge in [0.1, 0.15) is 6.10 Å². The van der Waals surface area contributed by atoms with E-state index in [2.05, 4.69) is 4.74 Å². The molecule has 0 radical (unpaired) electrons. The minimum absolute atomic E-state index is 0.984. The molecule has 0 spiro atoms. The SMILES string of the molecule is OC[C@H](O)COC(C(F)(F)F)C(F)(F)F. The topological polar surface area (TPSA) is 49.7 Å². The summed E-state index contributed by atoms with van der Waals surface area (Å²) in [7, 11) is 0. The van der Waals surface area contributed by atoms with Gasteiger partial charge >= 0.3 is 12.4 Å². The lowest BCUT2D eigenvalue weighted by Gasteiger charge is -2.23. The van der Waals surface area contributed by atoms with Gasteiger partial charge < -0.3 is 14.9 Å². The molecule has 0 bridgehead atoms. The Hall–Kier alpha value is -0.540. The molecule has 2 N–H and O–H groups in total. The van der Waals surface area contributed by atoms with Gasteiger partial charge in [-0.15, -0.1) is 0 Å². The molecule has 92 valence electrons. The summed E-state index contributed by atoms with van der Waals surface area (Å²) in [6.07, 6.45) is -16.9.